The van der Waals surface area contributed by atoms with Crippen LogP contribution in [0.15, 0.2) is 12.1 Å². The number of likely N-dealkylation sites (tertiary alicyclic amines) is 1. The number of carbonyl (C=O) groups excluding carboxylic acids is 1. The molecule has 1 aromatic carbocycles. The molecule has 2 aliphatic heterocycles. The maximum atomic E-state index is 12.7. The second-order valence-electron chi connectivity index (χ2n) is 10.1. The molecule has 2 unspecified atom stereocenters. The second-order valence-corrected chi connectivity index (χ2v) is 10.1. The molecular weight excluding hydrogens is 394 g/mol. The van der Waals surface area contributed by atoms with Gasteiger partial charge >= 0.3 is 6.09 Å². The Labute approximate surface area is 184 Å². The first-order valence-corrected chi connectivity index (χ1v) is 11.5. The highest BCUT2D eigenvalue weighted by Gasteiger charge is 2.71. The number of benzene rings is 1. The number of ether oxygens (including phenoxy) is 3. The van der Waals surface area contributed by atoms with Gasteiger partial charge in [-0.3, -0.25) is 0 Å². The van der Waals surface area contributed by atoms with Crippen LogP contribution in [0.5, 0.6) is 11.5 Å². The molecule has 7 heteroatoms. The molecule has 2 aliphatic carbocycles. The molecule has 2 bridgehead atoms. The summed E-state index contributed by atoms with van der Waals surface area (Å²) < 4.78 is 18.4. The van der Waals surface area contributed by atoms with Gasteiger partial charge in [-0.25, -0.2) is 4.79 Å². The van der Waals surface area contributed by atoms with Crippen molar-refractivity contribution >= 4 is 6.09 Å². The molecule has 7 nitrogen and oxygen atoms in total. The number of carbonyl (C=O) groups is 1. The summed E-state index contributed by atoms with van der Waals surface area (Å²) in [6.07, 6.45) is 3.05. The molecular formula is C24H35N3O4. The average molecular weight is 430 g/mol. The number of likely N-dealkylation sites (N-methyl/N-ethyl adjacent to an activating group) is 2. The van der Waals surface area contributed by atoms with Crippen LogP contribution in [0.2, 0.25) is 0 Å². The highest BCUT2D eigenvalue weighted by Crippen LogP contribution is 2.69. The molecule has 170 valence electrons. The third-order valence-corrected chi connectivity index (χ3v) is 8.58. The van der Waals surface area contributed by atoms with Gasteiger partial charge in [-0.1, -0.05) is 13.0 Å². The van der Waals surface area contributed by atoms with E-state index in [9.17, 15) is 4.79 Å². The van der Waals surface area contributed by atoms with Gasteiger partial charge in [0.05, 0.1) is 7.11 Å². The Bertz CT molecular complexity index is 892. The van der Waals surface area contributed by atoms with Crippen LogP contribution in [-0.4, -0.2) is 69.6 Å². The van der Waals surface area contributed by atoms with Crippen molar-refractivity contribution in [3.8, 4) is 11.5 Å². The van der Waals surface area contributed by atoms with Gasteiger partial charge in [-0.15, -0.1) is 0 Å². The highest BCUT2D eigenvalue weighted by molar-refractivity contribution is 5.68. The van der Waals surface area contributed by atoms with Crippen molar-refractivity contribution in [1.29, 1.82) is 0 Å². The van der Waals surface area contributed by atoms with Gasteiger partial charge in [0.2, 0.25) is 0 Å². The summed E-state index contributed by atoms with van der Waals surface area (Å²) in [7, 11) is 5.83. The number of nitrogens with zero attached hydrogens (tertiary/aromatic N) is 1. The average Bonchev–Trinajstić information content (AvgIpc) is 3.08. The van der Waals surface area contributed by atoms with E-state index in [-0.39, 0.29) is 35.2 Å². The number of hydrogen-bond donors (Lipinski definition) is 2. The molecule has 2 N–H and O–H groups in total. The lowest BCUT2D eigenvalue weighted by Crippen LogP contribution is -2.72. The minimum atomic E-state index is -0.361. The zero-order valence-electron chi connectivity index (χ0n) is 19.3. The van der Waals surface area contributed by atoms with Gasteiger partial charge in [-0.2, -0.15) is 0 Å². The lowest BCUT2D eigenvalue weighted by Gasteiger charge is -2.65. The topological polar surface area (TPSA) is 72.1 Å². The first kappa shape index (κ1) is 20.9. The van der Waals surface area contributed by atoms with Crippen LogP contribution in [0.1, 0.15) is 44.2 Å². The Kier molecular flexibility index (Phi) is 4.90. The maximum Gasteiger partial charge on any atom is 0.407 e. The summed E-state index contributed by atoms with van der Waals surface area (Å²) in [6.45, 7) is 6.12. The normalized spacial score (nSPS) is 36.2. The van der Waals surface area contributed by atoms with E-state index in [4.69, 9.17) is 14.2 Å². The number of piperidine rings is 1. The Morgan fingerprint density at radius 1 is 1.39 bits per heavy atom. The standard InChI is InChI=1S/C24H35N3O4/c1-14(13-25-3)26-22(28)30-17-8-9-23(2)18-12-15-6-7-16(29-5)20-19(15)24(23,21(17)31-20)10-11-27(18)4/h6-7,14,17-18,21,25H,8-13H2,1-5H3,(H,26,28)/t14?,17?,18-,21+,23+,24+/m1/s1. The molecule has 4 aliphatic rings. The summed E-state index contributed by atoms with van der Waals surface area (Å²) in [4.78, 5) is 15.2. The van der Waals surface area contributed by atoms with Crippen LogP contribution < -0.4 is 20.1 Å². The van der Waals surface area contributed by atoms with Crippen LogP contribution >= 0.6 is 0 Å². The van der Waals surface area contributed by atoms with E-state index >= 15 is 0 Å². The van der Waals surface area contributed by atoms with Crippen LogP contribution in [0.4, 0.5) is 4.79 Å². The van der Waals surface area contributed by atoms with Crippen molar-refractivity contribution in [3.63, 3.8) is 0 Å². The third-order valence-electron chi connectivity index (χ3n) is 8.58. The number of nitrogens with one attached hydrogen (secondary N) is 2. The first-order valence-electron chi connectivity index (χ1n) is 11.5. The summed E-state index contributed by atoms with van der Waals surface area (Å²) in [5, 5.41) is 6.03. The van der Waals surface area contributed by atoms with E-state index in [1.807, 2.05) is 20.0 Å². The van der Waals surface area contributed by atoms with E-state index in [1.54, 1.807) is 7.11 Å². The molecule has 1 saturated carbocycles. The summed E-state index contributed by atoms with van der Waals surface area (Å²) in [6, 6.07) is 4.71. The zero-order chi connectivity index (χ0) is 22.0. The predicted molar refractivity (Wildman–Crippen MR) is 118 cm³/mol. The molecule has 2 heterocycles. The van der Waals surface area contributed by atoms with Crippen molar-refractivity contribution in [2.75, 3.05) is 34.3 Å². The number of amides is 1. The zero-order valence-corrected chi connectivity index (χ0v) is 19.3. The monoisotopic (exact) mass is 429 g/mol. The van der Waals surface area contributed by atoms with E-state index in [0.29, 0.717) is 12.6 Å². The SMILES string of the molecule is CNCC(C)NC(=O)OC1CC[C@@]2(C)[C@H]3Cc4ccc(OC)c5c4[C@@]2(CCN3C)[C@H]1O5. The third kappa shape index (κ3) is 2.75. The largest absolute Gasteiger partial charge is 0.493 e. The fourth-order valence-electron chi connectivity index (χ4n) is 7.18. The van der Waals surface area contributed by atoms with Gasteiger partial charge < -0.3 is 29.7 Å². The van der Waals surface area contributed by atoms with Crippen molar-refractivity contribution in [1.82, 2.24) is 15.5 Å². The van der Waals surface area contributed by atoms with E-state index in [0.717, 1.165) is 43.7 Å². The fraction of sp³-hybridized carbons (Fsp3) is 0.708. The number of rotatable bonds is 5. The Balaban J connectivity index is 1.54. The molecule has 2 fully saturated rings. The van der Waals surface area contributed by atoms with Crippen LogP contribution in [-0.2, 0) is 16.6 Å². The lowest BCUT2D eigenvalue weighted by atomic mass is 9.44. The van der Waals surface area contributed by atoms with Crippen molar-refractivity contribution < 1.29 is 19.0 Å². The summed E-state index contributed by atoms with van der Waals surface area (Å²) >= 11 is 0. The van der Waals surface area contributed by atoms with Crippen LogP contribution in [0.3, 0.4) is 0 Å². The molecule has 1 spiro atoms. The van der Waals surface area contributed by atoms with Crippen molar-refractivity contribution in [2.45, 2.75) is 69.2 Å². The fourth-order valence-corrected chi connectivity index (χ4v) is 7.18. The molecule has 1 saturated heterocycles. The van der Waals surface area contributed by atoms with E-state index < -0.39 is 0 Å². The summed E-state index contributed by atoms with van der Waals surface area (Å²) in [5.41, 5.74) is 2.60. The highest BCUT2D eigenvalue weighted by atomic mass is 16.6. The minimum absolute atomic E-state index is 0.000279. The maximum absolute atomic E-state index is 12.7. The predicted octanol–water partition coefficient (Wildman–Crippen LogP) is 2.46. The van der Waals surface area contributed by atoms with E-state index in [1.165, 1.54) is 11.1 Å². The Morgan fingerprint density at radius 3 is 2.94 bits per heavy atom. The molecule has 0 radical (unpaired) electrons. The van der Waals surface area contributed by atoms with Gasteiger partial charge in [0.1, 0.15) is 12.2 Å². The van der Waals surface area contributed by atoms with Gasteiger partial charge in [0, 0.05) is 29.6 Å². The van der Waals surface area contributed by atoms with Crippen molar-refractivity contribution in [2.24, 2.45) is 5.41 Å². The quantitative estimate of drug-likeness (QED) is 0.749. The molecule has 1 aromatic rings. The van der Waals surface area contributed by atoms with Crippen molar-refractivity contribution in [3.05, 3.63) is 23.3 Å². The Hall–Kier alpha value is -1.99. The van der Waals surface area contributed by atoms with Gasteiger partial charge in [0.25, 0.3) is 0 Å². The molecule has 31 heavy (non-hydrogen) atoms. The number of hydrogen-bond acceptors (Lipinski definition) is 6. The number of methoxy groups -OCH3 is 1. The van der Waals surface area contributed by atoms with Gasteiger partial charge in [-0.05, 0) is 70.3 Å². The minimum Gasteiger partial charge on any atom is -0.493 e. The smallest absolute Gasteiger partial charge is 0.407 e. The molecule has 1 amide bonds. The van der Waals surface area contributed by atoms with E-state index in [2.05, 4.69) is 35.6 Å². The molecule has 6 atom stereocenters. The number of alkyl carbamates (subject to hydrolysis) is 1. The first-order chi connectivity index (χ1) is 14.9. The molecule has 0 aromatic heterocycles. The van der Waals surface area contributed by atoms with Crippen LogP contribution in [0, 0.1) is 5.41 Å². The van der Waals surface area contributed by atoms with Gasteiger partial charge in [0.15, 0.2) is 11.5 Å². The second kappa shape index (κ2) is 7.27. The summed E-state index contributed by atoms with van der Waals surface area (Å²) in [5.74, 6) is 1.66. The van der Waals surface area contributed by atoms with Crippen LogP contribution in [0.25, 0.3) is 0 Å². The molecule has 5 rings (SSSR count). The lowest BCUT2D eigenvalue weighted by molar-refractivity contribution is -0.148. The Morgan fingerprint density at radius 2 is 2.19 bits per heavy atom.